The molecule has 0 spiro atoms. The highest BCUT2D eigenvalue weighted by Gasteiger charge is 2.24. The van der Waals surface area contributed by atoms with Crippen molar-refractivity contribution in [1.82, 2.24) is 19.9 Å². The van der Waals surface area contributed by atoms with Gasteiger partial charge in [0.1, 0.15) is 0 Å². The van der Waals surface area contributed by atoms with Crippen LogP contribution in [-0.4, -0.2) is 47.3 Å². The summed E-state index contributed by atoms with van der Waals surface area (Å²) in [6.45, 7) is 4.73. The highest BCUT2D eigenvalue weighted by molar-refractivity contribution is 5.86. The molecule has 2 aromatic heterocycles. The molecule has 0 saturated carbocycles. The molecule has 0 radical (unpaired) electrons. The lowest BCUT2D eigenvalue weighted by Gasteiger charge is -2.35. The first kappa shape index (κ1) is 27.9. The first-order valence-electron chi connectivity index (χ1n) is 11.0. The van der Waals surface area contributed by atoms with Crippen molar-refractivity contribution in [1.29, 1.82) is 0 Å². The molecule has 0 amide bonds. The predicted octanol–water partition coefficient (Wildman–Crippen LogP) is 3.86. The number of hydrogen-bond acceptors (Lipinski definition) is 6. The van der Waals surface area contributed by atoms with E-state index in [2.05, 4.69) is 44.4 Å². The molecule has 1 atom stereocenters. The molecular formula is C24H31Cl3N6O. The third-order valence-electron chi connectivity index (χ3n) is 6.31. The Balaban J connectivity index is 0.00000136. The van der Waals surface area contributed by atoms with E-state index in [1.807, 2.05) is 12.1 Å². The molecule has 1 N–H and O–H groups in total. The van der Waals surface area contributed by atoms with Crippen LogP contribution in [0.1, 0.15) is 24.4 Å². The summed E-state index contributed by atoms with van der Waals surface area (Å²) in [4.78, 5) is 26.2. The number of benzene rings is 1. The van der Waals surface area contributed by atoms with Crippen LogP contribution in [0.3, 0.4) is 0 Å². The minimum Gasteiger partial charge on any atom is -0.372 e. The van der Waals surface area contributed by atoms with Gasteiger partial charge in [0.25, 0.3) is 5.56 Å². The number of aromatic nitrogens is 3. The summed E-state index contributed by atoms with van der Waals surface area (Å²) in [6, 6.07) is 14.5. The molecule has 2 aliphatic heterocycles. The molecule has 0 aliphatic carbocycles. The van der Waals surface area contributed by atoms with Crippen molar-refractivity contribution in [3.8, 4) is 11.3 Å². The van der Waals surface area contributed by atoms with Crippen molar-refractivity contribution in [2.45, 2.75) is 18.9 Å². The number of nitrogens with one attached hydrogen (secondary N) is 1. The van der Waals surface area contributed by atoms with Crippen LogP contribution >= 0.6 is 37.2 Å². The molecule has 2 aliphatic rings. The molecule has 5 rings (SSSR count). The molecule has 1 aromatic carbocycles. The van der Waals surface area contributed by atoms with Crippen LogP contribution in [0.15, 0.2) is 59.7 Å². The summed E-state index contributed by atoms with van der Waals surface area (Å²) in [7, 11) is 1.79. The SMILES string of the molecule is Cl.Cl.Cl.Cn1c(N2CCN[C@@H](c3ccc(N4CCCC4)cc3)C2)nc(-c2ccncc2)cc1=O. The molecule has 184 valence electrons. The van der Waals surface area contributed by atoms with Gasteiger partial charge >= 0.3 is 0 Å². The lowest BCUT2D eigenvalue weighted by molar-refractivity contribution is 0.462. The van der Waals surface area contributed by atoms with Gasteiger partial charge in [-0.2, -0.15) is 0 Å². The number of pyridine rings is 1. The van der Waals surface area contributed by atoms with E-state index in [1.165, 1.54) is 24.1 Å². The van der Waals surface area contributed by atoms with Gasteiger partial charge < -0.3 is 15.1 Å². The lowest BCUT2D eigenvalue weighted by atomic mass is 10.0. The Hall–Kier alpha value is -2.32. The molecule has 0 unspecified atom stereocenters. The first-order valence-corrected chi connectivity index (χ1v) is 11.0. The van der Waals surface area contributed by atoms with Crippen LogP contribution in [0.4, 0.5) is 11.6 Å². The van der Waals surface area contributed by atoms with Crippen LogP contribution in [0.2, 0.25) is 0 Å². The molecular weight excluding hydrogens is 495 g/mol. The minimum atomic E-state index is -0.0538. The van der Waals surface area contributed by atoms with Gasteiger partial charge in [0.2, 0.25) is 5.95 Å². The Kier molecular flexibility index (Phi) is 10.2. The van der Waals surface area contributed by atoms with Crippen LogP contribution in [-0.2, 0) is 7.05 Å². The topological polar surface area (TPSA) is 66.3 Å². The Bertz CT molecular complexity index is 1100. The van der Waals surface area contributed by atoms with E-state index in [4.69, 9.17) is 4.98 Å². The predicted molar refractivity (Wildman–Crippen MR) is 145 cm³/mol. The number of anilines is 2. The van der Waals surface area contributed by atoms with E-state index in [1.54, 1.807) is 30.1 Å². The van der Waals surface area contributed by atoms with Gasteiger partial charge in [-0.25, -0.2) is 4.98 Å². The van der Waals surface area contributed by atoms with E-state index in [-0.39, 0.29) is 48.8 Å². The van der Waals surface area contributed by atoms with E-state index < -0.39 is 0 Å². The summed E-state index contributed by atoms with van der Waals surface area (Å²) in [5.74, 6) is 0.708. The second-order valence-corrected chi connectivity index (χ2v) is 8.31. The second kappa shape index (κ2) is 12.4. The van der Waals surface area contributed by atoms with Gasteiger partial charge in [0.05, 0.1) is 5.69 Å². The number of nitrogens with zero attached hydrogens (tertiary/aromatic N) is 5. The summed E-state index contributed by atoms with van der Waals surface area (Å²) in [5.41, 5.74) is 4.11. The number of halogens is 3. The average Bonchev–Trinajstić information content (AvgIpc) is 3.37. The molecule has 3 aromatic rings. The zero-order valence-corrected chi connectivity index (χ0v) is 21.5. The van der Waals surface area contributed by atoms with Crippen molar-refractivity contribution in [2.24, 2.45) is 7.05 Å². The molecule has 34 heavy (non-hydrogen) atoms. The molecule has 7 nitrogen and oxygen atoms in total. The van der Waals surface area contributed by atoms with E-state index in [9.17, 15) is 4.79 Å². The van der Waals surface area contributed by atoms with Crippen molar-refractivity contribution >= 4 is 48.9 Å². The minimum absolute atomic E-state index is 0. The maximum atomic E-state index is 12.7. The molecule has 4 heterocycles. The first-order chi connectivity index (χ1) is 15.2. The molecule has 0 bridgehead atoms. The smallest absolute Gasteiger partial charge is 0.255 e. The average molecular weight is 526 g/mol. The summed E-state index contributed by atoms with van der Waals surface area (Å²) >= 11 is 0. The maximum absolute atomic E-state index is 12.7. The third-order valence-corrected chi connectivity index (χ3v) is 6.31. The van der Waals surface area contributed by atoms with Crippen molar-refractivity contribution < 1.29 is 0 Å². The summed E-state index contributed by atoms with van der Waals surface area (Å²) < 4.78 is 1.64. The Morgan fingerprint density at radius 2 is 1.59 bits per heavy atom. The van der Waals surface area contributed by atoms with Gasteiger partial charge in [-0.15, -0.1) is 37.2 Å². The quantitative estimate of drug-likeness (QED) is 0.558. The van der Waals surface area contributed by atoms with Crippen LogP contribution < -0.4 is 20.7 Å². The highest BCUT2D eigenvalue weighted by Crippen LogP contribution is 2.26. The monoisotopic (exact) mass is 524 g/mol. The number of hydrogen-bond donors (Lipinski definition) is 1. The fraction of sp³-hybridized carbons (Fsp3) is 0.375. The summed E-state index contributed by atoms with van der Waals surface area (Å²) in [5, 5.41) is 3.63. The van der Waals surface area contributed by atoms with Crippen molar-refractivity contribution in [3.05, 3.63) is 70.8 Å². The largest absolute Gasteiger partial charge is 0.372 e. The van der Waals surface area contributed by atoms with Crippen LogP contribution in [0, 0.1) is 0 Å². The maximum Gasteiger partial charge on any atom is 0.255 e. The molecule has 2 fully saturated rings. The van der Waals surface area contributed by atoms with Crippen molar-refractivity contribution in [3.63, 3.8) is 0 Å². The van der Waals surface area contributed by atoms with E-state index in [0.717, 1.165) is 38.3 Å². The Morgan fingerprint density at radius 1 is 0.912 bits per heavy atom. The lowest BCUT2D eigenvalue weighted by Crippen LogP contribution is -2.47. The second-order valence-electron chi connectivity index (χ2n) is 8.31. The van der Waals surface area contributed by atoms with Gasteiger partial charge in [0, 0.05) is 75.5 Å². The highest BCUT2D eigenvalue weighted by atomic mass is 35.5. The third kappa shape index (κ3) is 5.84. The number of rotatable bonds is 4. The van der Waals surface area contributed by atoms with E-state index in [0.29, 0.717) is 11.6 Å². The number of piperazine rings is 1. The fourth-order valence-corrected chi connectivity index (χ4v) is 4.53. The summed E-state index contributed by atoms with van der Waals surface area (Å²) in [6.07, 6.45) is 6.01. The Labute approximate surface area is 218 Å². The van der Waals surface area contributed by atoms with Gasteiger partial charge in [-0.3, -0.25) is 14.3 Å². The normalized spacial score (nSPS) is 17.4. The van der Waals surface area contributed by atoms with Crippen LogP contribution in [0.5, 0.6) is 0 Å². The zero-order valence-electron chi connectivity index (χ0n) is 19.1. The van der Waals surface area contributed by atoms with Crippen LogP contribution in [0.25, 0.3) is 11.3 Å². The van der Waals surface area contributed by atoms with Crippen molar-refractivity contribution in [2.75, 3.05) is 42.5 Å². The standard InChI is InChI=1S/C24H28N6O.3ClH/c1-28-23(31)16-21(19-8-10-25-11-9-19)27-24(28)30-15-12-26-22(17-30)18-4-6-20(7-5-18)29-13-2-3-14-29;;;/h4-11,16,22,26H,2-3,12-15,17H2,1H3;3*1H/t22-;;;/m1.../s1. The van der Waals surface area contributed by atoms with Gasteiger partial charge in [-0.05, 0) is 42.7 Å². The Morgan fingerprint density at radius 3 is 2.26 bits per heavy atom. The fourth-order valence-electron chi connectivity index (χ4n) is 4.53. The van der Waals surface area contributed by atoms with Gasteiger partial charge in [0.15, 0.2) is 0 Å². The molecule has 2 saturated heterocycles. The van der Waals surface area contributed by atoms with Gasteiger partial charge in [-0.1, -0.05) is 12.1 Å². The molecule has 10 heteroatoms. The zero-order chi connectivity index (χ0) is 21.2. The van der Waals surface area contributed by atoms with E-state index >= 15 is 0 Å².